The van der Waals surface area contributed by atoms with Crippen molar-refractivity contribution in [2.75, 3.05) is 0 Å². The number of fused-ring (bicyclic) bond motifs is 3. The second kappa shape index (κ2) is 6.70. The summed E-state index contributed by atoms with van der Waals surface area (Å²) in [4.78, 5) is 9.25. The van der Waals surface area contributed by atoms with Gasteiger partial charge in [-0.2, -0.15) is 0 Å². The number of rotatable bonds is 3. The average Bonchev–Trinajstić information content (AvgIpc) is 2.79. The Morgan fingerprint density at radius 2 is 1.21 bits per heavy atom. The molecule has 4 heteroatoms. The van der Waals surface area contributed by atoms with E-state index in [0.717, 1.165) is 32.3 Å². The topological polar surface area (TPSA) is 42.9 Å². The van der Waals surface area contributed by atoms with Gasteiger partial charge in [-0.1, -0.05) is 78.9 Å². The van der Waals surface area contributed by atoms with Gasteiger partial charge >= 0.3 is 0 Å². The number of nitrogens with zero attached hydrogens (tertiary/aromatic N) is 2. The van der Waals surface area contributed by atoms with Crippen LogP contribution in [-0.4, -0.2) is 9.97 Å². The molecule has 2 heterocycles. The molecule has 0 aliphatic rings. The molecular formula is C24H17N2OP. The van der Waals surface area contributed by atoms with Gasteiger partial charge < -0.3 is 4.57 Å². The Labute approximate surface area is 163 Å². The normalized spacial score (nSPS) is 11.7. The van der Waals surface area contributed by atoms with E-state index in [9.17, 15) is 4.57 Å². The summed E-state index contributed by atoms with van der Waals surface area (Å²) in [5.41, 5.74) is 1.43. The van der Waals surface area contributed by atoms with Crippen LogP contribution in [0, 0.1) is 0 Å². The zero-order chi connectivity index (χ0) is 19.0. The first-order valence-corrected chi connectivity index (χ1v) is 10.8. The highest BCUT2D eigenvalue weighted by atomic mass is 31.2. The zero-order valence-electron chi connectivity index (χ0n) is 15.1. The van der Waals surface area contributed by atoms with E-state index in [-0.39, 0.29) is 0 Å². The van der Waals surface area contributed by atoms with Crippen molar-refractivity contribution in [2.24, 2.45) is 0 Å². The average molecular weight is 380 g/mol. The van der Waals surface area contributed by atoms with Gasteiger partial charge in [-0.15, -0.1) is 0 Å². The molecule has 0 N–H and O–H groups in total. The van der Waals surface area contributed by atoms with Gasteiger partial charge in [0.25, 0.3) is 0 Å². The molecule has 5 aromatic rings. The number of aromatic nitrogens is 2. The highest BCUT2D eigenvalue weighted by Crippen LogP contribution is 2.44. The van der Waals surface area contributed by atoms with Gasteiger partial charge in [-0.3, -0.25) is 4.98 Å². The van der Waals surface area contributed by atoms with Gasteiger partial charge in [0, 0.05) is 33.8 Å². The Balaban J connectivity index is 1.96. The summed E-state index contributed by atoms with van der Waals surface area (Å²) in [6.07, 6.45) is 3.55. The standard InChI is InChI=1S/C24H17N2OP/c27-28(18-9-3-1-4-10-18,19-11-5-2-6-12-19)24-22-17-25-16-15-20(22)21-13-7-8-14-23(21)26-24/h1-17H. The van der Waals surface area contributed by atoms with Crippen molar-refractivity contribution in [3.63, 3.8) is 0 Å². The minimum Gasteiger partial charge on any atom is -0.307 e. The van der Waals surface area contributed by atoms with Crippen LogP contribution in [0.25, 0.3) is 21.7 Å². The van der Waals surface area contributed by atoms with Gasteiger partial charge in [-0.05, 0) is 17.5 Å². The van der Waals surface area contributed by atoms with Gasteiger partial charge in [0.15, 0.2) is 7.14 Å². The van der Waals surface area contributed by atoms with Crippen molar-refractivity contribution in [3.8, 4) is 0 Å². The zero-order valence-corrected chi connectivity index (χ0v) is 16.0. The van der Waals surface area contributed by atoms with E-state index in [4.69, 9.17) is 4.98 Å². The number of para-hydroxylation sites is 1. The molecule has 0 aliphatic heterocycles. The van der Waals surface area contributed by atoms with E-state index >= 15 is 0 Å². The monoisotopic (exact) mass is 380 g/mol. The number of pyridine rings is 2. The molecule has 134 valence electrons. The first-order valence-electron chi connectivity index (χ1n) is 9.13. The van der Waals surface area contributed by atoms with Crippen LogP contribution in [0.4, 0.5) is 0 Å². The van der Waals surface area contributed by atoms with Crippen LogP contribution >= 0.6 is 7.14 Å². The maximum absolute atomic E-state index is 14.8. The van der Waals surface area contributed by atoms with Gasteiger partial charge in [0.05, 0.1) is 5.52 Å². The van der Waals surface area contributed by atoms with Crippen LogP contribution in [0.1, 0.15) is 0 Å². The first-order chi connectivity index (χ1) is 13.8. The number of hydrogen-bond acceptors (Lipinski definition) is 3. The molecule has 2 aromatic heterocycles. The van der Waals surface area contributed by atoms with Gasteiger partial charge in [0.1, 0.15) is 5.44 Å². The fourth-order valence-corrected chi connectivity index (χ4v) is 6.43. The third-order valence-corrected chi connectivity index (χ3v) is 8.01. The molecule has 3 nitrogen and oxygen atoms in total. The van der Waals surface area contributed by atoms with Crippen LogP contribution in [0.3, 0.4) is 0 Å². The molecule has 0 atom stereocenters. The predicted molar refractivity (Wildman–Crippen MR) is 116 cm³/mol. The van der Waals surface area contributed by atoms with Crippen LogP contribution in [0.5, 0.6) is 0 Å². The summed E-state index contributed by atoms with van der Waals surface area (Å²) in [6.45, 7) is 0. The van der Waals surface area contributed by atoms with Crippen molar-refractivity contribution < 1.29 is 4.57 Å². The third-order valence-electron chi connectivity index (χ3n) is 5.02. The smallest absolute Gasteiger partial charge is 0.189 e. The second-order valence-electron chi connectivity index (χ2n) is 6.65. The highest BCUT2D eigenvalue weighted by molar-refractivity contribution is 7.85. The second-order valence-corrected chi connectivity index (χ2v) is 9.33. The van der Waals surface area contributed by atoms with E-state index in [0.29, 0.717) is 5.44 Å². The van der Waals surface area contributed by atoms with Gasteiger partial charge in [0.2, 0.25) is 0 Å². The molecule has 0 aliphatic carbocycles. The molecule has 3 aromatic carbocycles. The molecule has 5 rings (SSSR count). The van der Waals surface area contributed by atoms with Crippen LogP contribution in [0.15, 0.2) is 103 Å². The highest BCUT2D eigenvalue weighted by Gasteiger charge is 2.33. The fraction of sp³-hybridized carbons (Fsp3) is 0. The summed E-state index contributed by atoms with van der Waals surface area (Å²) in [5, 5.41) is 4.43. The van der Waals surface area contributed by atoms with Crippen LogP contribution in [0.2, 0.25) is 0 Å². The Bertz CT molecular complexity index is 1290. The van der Waals surface area contributed by atoms with Crippen molar-refractivity contribution in [3.05, 3.63) is 103 Å². The minimum atomic E-state index is -3.18. The number of hydrogen-bond donors (Lipinski definition) is 0. The van der Waals surface area contributed by atoms with Crippen LogP contribution < -0.4 is 16.0 Å². The fourth-order valence-electron chi connectivity index (χ4n) is 3.69. The molecule has 28 heavy (non-hydrogen) atoms. The van der Waals surface area contributed by atoms with E-state index < -0.39 is 7.14 Å². The largest absolute Gasteiger partial charge is 0.307 e. The lowest BCUT2D eigenvalue weighted by atomic mass is 10.1. The molecule has 0 spiro atoms. The molecule has 0 amide bonds. The SMILES string of the molecule is O=P(c1ccccc1)(c1ccccc1)c1nc2ccccc2c2ccncc12. The molecule has 0 bridgehead atoms. The van der Waals surface area contributed by atoms with Crippen molar-refractivity contribution >= 4 is 44.9 Å². The quantitative estimate of drug-likeness (QED) is 0.344. The van der Waals surface area contributed by atoms with Crippen molar-refractivity contribution in [1.29, 1.82) is 0 Å². The van der Waals surface area contributed by atoms with E-state index in [1.165, 1.54) is 0 Å². The Morgan fingerprint density at radius 3 is 1.89 bits per heavy atom. The summed E-state index contributed by atoms with van der Waals surface area (Å²) in [6, 6.07) is 29.2. The van der Waals surface area contributed by atoms with Crippen molar-refractivity contribution in [2.45, 2.75) is 0 Å². The Hall–Kier alpha value is -3.29. The Morgan fingerprint density at radius 1 is 0.607 bits per heavy atom. The van der Waals surface area contributed by atoms with Crippen molar-refractivity contribution in [1.82, 2.24) is 9.97 Å². The lowest BCUT2D eigenvalue weighted by Gasteiger charge is -2.21. The Kier molecular flexibility index (Phi) is 4.03. The molecule has 0 radical (unpaired) electrons. The van der Waals surface area contributed by atoms with E-state index in [1.807, 2.05) is 91.0 Å². The maximum atomic E-state index is 14.8. The maximum Gasteiger partial charge on any atom is 0.189 e. The predicted octanol–water partition coefficient (Wildman–Crippen LogP) is 4.42. The van der Waals surface area contributed by atoms with E-state index in [2.05, 4.69) is 4.98 Å². The van der Waals surface area contributed by atoms with Gasteiger partial charge in [-0.25, -0.2) is 4.98 Å². The summed E-state index contributed by atoms with van der Waals surface area (Å²) < 4.78 is 14.8. The summed E-state index contributed by atoms with van der Waals surface area (Å²) in [5.74, 6) is 0. The molecule has 0 saturated heterocycles. The minimum absolute atomic E-state index is 0.590. The third kappa shape index (κ3) is 2.56. The summed E-state index contributed by atoms with van der Waals surface area (Å²) in [7, 11) is -3.18. The lowest BCUT2D eigenvalue weighted by Crippen LogP contribution is -2.27. The molecular weight excluding hydrogens is 363 g/mol. The summed E-state index contributed by atoms with van der Waals surface area (Å²) >= 11 is 0. The van der Waals surface area contributed by atoms with Crippen LogP contribution in [-0.2, 0) is 4.57 Å². The molecule has 0 saturated carbocycles. The number of benzene rings is 3. The lowest BCUT2D eigenvalue weighted by molar-refractivity contribution is 0.592. The van der Waals surface area contributed by atoms with E-state index in [1.54, 1.807) is 12.4 Å². The molecule has 0 fully saturated rings. The molecule has 0 unspecified atom stereocenters. The first kappa shape index (κ1) is 16.9.